The van der Waals surface area contributed by atoms with Crippen molar-refractivity contribution < 1.29 is 28.4 Å². The van der Waals surface area contributed by atoms with Gasteiger partial charge in [0.1, 0.15) is 16.4 Å². The molecule has 0 unspecified atom stereocenters. The van der Waals surface area contributed by atoms with Gasteiger partial charge in [-0.05, 0) is 53.5 Å². The molecule has 0 radical (unpaired) electrons. The Balaban J connectivity index is 3.13. The van der Waals surface area contributed by atoms with Crippen LogP contribution in [0.1, 0.15) is 47.1 Å². The Kier molecular flexibility index (Phi) is 8.78. The fourth-order valence-electron chi connectivity index (χ4n) is 2.18. The van der Waals surface area contributed by atoms with Crippen molar-refractivity contribution >= 4 is 23.5 Å². The molecule has 7 nitrogen and oxygen atoms in total. The van der Waals surface area contributed by atoms with E-state index in [1.807, 2.05) is 30.3 Å². The fraction of sp³-hybridized carbons (Fsp3) is 0.600. The number of nitrogens with one attached hydrogen (secondary N) is 1. The highest BCUT2D eigenvalue weighted by atomic mass is 32.2. The zero-order valence-corrected chi connectivity index (χ0v) is 18.4. The van der Waals surface area contributed by atoms with E-state index in [2.05, 4.69) is 4.72 Å². The molecule has 158 valence electrons. The summed E-state index contributed by atoms with van der Waals surface area (Å²) < 4.78 is 30.3. The van der Waals surface area contributed by atoms with E-state index < -0.39 is 46.0 Å². The molecule has 0 aliphatic heterocycles. The highest BCUT2D eigenvalue weighted by Crippen LogP contribution is 2.19. The lowest BCUT2D eigenvalue weighted by Crippen LogP contribution is -2.54. The molecule has 0 aromatic heterocycles. The standard InChI is InChI=1S/C20H31NO6S/c1-19(2,3)27-18(23)26-16(17(22)25-7)15(21-28(24)20(4,5)6)13-14-11-9-8-10-12-14/h8-12,15-16,21H,13H2,1-7H3/t15-,16+,28+/m1/s1. The first-order valence-electron chi connectivity index (χ1n) is 9.03. The van der Waals surface area contributed by atoms with Gasteiger partial charge in [0.05, 0.1) is 7.11 Å². The summed E-state index contributed by atoms with van der Waals surface area (Å²) in [5.41, 5.74) is 0.0986. The molecule has 0 spiro atoms. The quantitative estimate of drug-likeness (QED) is 0.542. The van der Waals surface area contributed by atoms with E-state index in [-0.39, 0.29) is 0 Å². The Morgan fingerprint density at radius 3 is 2.14 bits per heavy atom. The van der Waals surface area contributed by atoms with Crippen molar-refractivity contribution in [3.63, 3.8) is 0 Å². The molecular formula is C20H31NO6S. The van der Waals surface area contributed by atoms with Crippen molar-refractivity contribution in [3.8, 4) is 0 Å². The average molecular weight is 414 g/mol. The summed E-state index contributed by atoms with van der Waals surface area (Å²) in [5.74, 6) is -0.759. The summed E-state index contributed by atoms with van der Waals surface area (Å²) >= 11 is -1.50. The van der Waals surface area contributed by atoms with Crippen LogP contribution in [-0.4, -0.2) is 46.3 Å². The Bertz CT molecular complexity index is 638. The average Bonchev–Trinajstić information content (AvgIpc) is 2.57. The lowest BCUT2D eigenvalue weighted by atomic mass is 10.0. The number of rotatable bonds is 7. The Labute approximate surface area is 170 Å². The largest absolute Gasteiger partial charge is 0.598 e. The Morgan fingerprint density at radius 1 is 1.11 bits per heavy atom. The van der Waals surface area contributed by atoms with Crippen molar-refractivity contribution in [2.24, 2.45) is 0 Å². The van der Waals surface area contributed by atoms with Gasteiger partial charge in [0.2, 0.25) is 6.10 Å². The van der Waals surface area contributed by atoms with E-state index in [0.717, 1.165) is 5.56 Å². The highest BCUT2D eigenvalue weighted by molar-refractivity contribution is 7.90. The maximum absolute atomic E-state index is 12.7. The molecule has 1 N–H and O–H groups in total. The molecule has 0 saturated carbocycles. The molecule has 1 aromatic rings. The first kappa shape index (κ1) is 24.3. The van der Waals surface area contributed by atoms with E-state index in [1.165, 1.54) is 7.11 Å². The van der Waals surface area contributed by atoms with Crippen molar-refractivity contribution in [2.75, 3.05) is 7.11 Å². The number of methoxy groups -OCH3 is 1. The molecule has 1 rings (SSSR count). The first-order chi connectivity index (χ1) is 12.8. The number of hydrogen-bond acceptors (Lipinski definition) is 7. The van der Waals surface area contributed by atoms with Gasteiger partial charge in [-0.25, -0.2) is 9.59 Å². The van der Waals surface area contributed by atoms with Gasteiger partial charge in [0, 0.05) is 11.4 Å². The van der Waals surface area contributed by atoms with E-state index >= 15 is 0 Å². The normalized spacial score (nSPS) is 15.3. The van der Waals surface area contributed by atoms with Crippen LogP contribution in [0.3, 0.4) is 0 Å². The van der Waals surface area contributed by atoms with Gasteiger partial charge in [-0.3, -0.25) is 0 Å². The number of hydrogen-bond donors (Lipinski definition) is 1. The molecular weight excluding hydrogens is 382 g/mol. The molecule has 0 bridgehead atoms. The third-order valence-corrected chi connectivity index (χ3v) is 5.15. The SMILES string of the molecule is COC(=O)[C@@H](OC(=O)OC(C)(C)C)[C@@H](Cc1ccccc1)N[S@@+]([O-])C(C)(C)C. The first-order valence-corrected chi connectivity index (χ1v) is 10.2. The minimum absolute atomic E-state index is 0.297. The lowest BCUT2D eigenvalue weighted by Gasteiger charge is -2.31. The maximum Gasteiger partial charge on any atom is 0.509 e. The summed E-state index contributed by atoms with van der Waals surface area (Å²) in [5, 5.41) is 0. The highest BCUT2D eigenvalue weighted by Gasteiger charge is 2.40. The van der Waals surface area contributed by atoms with Crippen molar-refractivity contribution in [3.05, 3.63) is 35.9 Å². The fourth-order valence-corrected chi connectivity index (χ4v) is 3.02. The zero-order chi connectivity index (χ0) is 21.5. The summed E-state index contributed by atoms with van der Waals surface area (Å²) in [6.07, 6.45) is -2.03. The van der Waals surface area contributed by atoms with E-state index in [1.54, 1.807) is 41.5 Å². The van der Waals surface area contributed by atoms with Gasteiger partial charge in [0.15, 0.2) is 0 Å². The summed E-state index contributed by atoms with van der Waals surface area (Å²) in [4.78, 5) is 24.6. The second-order valence-electron chi connectivity index (χ2n) is 8.32. The van der Waals surface area contributed by atoms with Gasteiger partial charge in [-0.1, -0.05) is 30.3 Å². The molecule has 0 heterocycles. The van der Waals surface area contributed by atoms with Crippen molar-refractivity contribution in [1.29, 1.82) is 0 Å². The van der Waals surface area contributed by atoms with Crippen LogP contribution in [-0.2, 0) is 36.8 Å². The second kappa shape index (κ2) is 10.1. The smallest absolute Gasteiger partial charge is 0.509 e. The topological polar surface area (TPSA) is 96.9 Å². The van der Waals surface area contributed by atoms with E-state index in [0.29, 0.717) is 6.42 Å². The molecule has 0 saturated heterocycles. The number of carbonyl (C=O) groups excluding carboxylic acids is 2. The number of esters is 1. The van der Waals surface area contributed by atoms with Crippen LogP contribution in [0.4, 0.5) is 4.79 Å². The predicted octanol–water partition coefficient (Wildman–Crippen LogP) is 3.14. The van der Waals surface area contributed by atoms with Crippen LogP contribution in [0.15, 0.2) is 30.3 Å². The van der Waals surface area contributed by atoms with Crippen LogP contribution in [0.2, 0.25) is 0 Å². The van der Waals surface area contributed by atoms with Crippen LogP contribution in [0, 0.1) is 0 Å². The third kappa shape index (κ3) is 8.50. The summed E-state index contributed by atoms with van der Waals surface area (Å²) in [6.45, 7) is 10.5. The Hall–Kier alpha value is -1.77. The van der Waals surface area contributed by atoms with Gasteiger partial charge in [0.25, 0.3) is 0 Å². The lowest BCUT2D eigenvalue weighted by molar-refractivity contribution is -0.154. The van der Waals surface area contributed by atoms with Gasteiger partial charge >= 0.3 is 12.1 Å². The Morgan fingerprint density at radius 2 is 1.68 bits per heavy atom. The maximum atomic E-state index is 12.7. The minimum atomic E-state index is -1.50. The molecule has 0 amide bonds. The molecule has 0 aliphatic rings. The predicted molar refractivity (Wildman–Crippen MR) is 108 cm³/mol. The third-order valence-electron chi connectivity index (χ3n) is 3.52. The molecule has 0 fully saturated rings. The van der Waals surface area contributed by atoms with Gasteiger partial charge in [-0.15, -0.1) is 4.72 Å². The number of carbonyl (C=O) groups is 2. The second-order valence-corrected chi connectivity index (χ2v) is 10.3. The van der Waals surface area contributed by atoms with Gasteiger partial charge < -0.3 is 18.8 Å². The number of benzene rings is 1. The zero-order valence-electron chi connectivity index (χ0n) is 17.6. The monoisotopic (exact) mass is 413 g/mol. The molecule has 0 aliphatic carbocycles. The van der Waals surface area contributed by atoms with Crippen molar-refractivity contribution in [2.45, 2.75) is 70.5 Å². The molecule has 1 aromatic carbocycles. The molecule has 8 heteroatoms. The van der Waals surface area contributed by atoms with Gasteiger partial charge in [-0.2, -0.15) is 0 Å². The summed E-state index contributed by atoms with van der Waals surface area (Å²) in [7, 11) is 1.20. The van der Waals surface area contributed by atoms with Crippen LogP contribution >= 0.6 is 0 Å². The van der Waals surface area contributed by atoms with Crippen LogP contribution in [0.25, 0.3) is 0 Å². The molecule has 3 atom stereocenters. The van der Waals surface area contributed by atoms with Crippen LogP contribution in [0.5, 0.6) is 0 Å². The number of ether oxygens (including phenoxy) is 3. The summed E-state index contributed by atoms with van der Waals surface area (Å²) in [6, 6.07) is 8.55. The molecule has 28 heavy (non-hydrogen) atoms. The van der Waals surface area contributed by atoms with Crippen LogP contribution < -0.4 is 4.72 Å². The van der Waals surface area contributed by atoms with Crippen molar-refractivity contribution in [1.82, 2.24) is 4.72 Å². The van der Waals surface area contributed by atoms with E-state index in [9.17, 15) is 14.1 Å². The van der Waals surface area contributed by atoms with E-state index in [4.69, 9.17) is 14.2 Å². The minimum Gasteiger partial charge on any atom is -0.598 e.